The van der Waals surface area contributed by atoms with Gasteiger partial charge in [-0.25, -0.2) is 4.98 Å². The molecule has 0 aliphatic rings. The van der Waals surface area contributed by atoms with Crippen LogP contribution in [0.15, 0.2) is 40.3 Å². The summed E-state index contributed by atoms with van der Waals surface area (Å²) in [5.74, 6) is 0.698. The van der Waals surface area contributed by atoms with Gasteiger partial charge in [0, 0.05) is 10.6 Å². The van der Waals surface area contributed by atoms with Gasteiger partial charge >= 0.3 is 0 Å². The third kappa shape index (κ3) is 2.76. The SMILES string of the molecule is COc1cccc(Sc2cc(C)cc(C)n2)c1N. The summed E-state index contributed by atoms with van der Waals surface area (Å²) in [6, 6.07) is 9.87. The number of aromatic nitrogens is 1. The van der Waals surface area contributed by atoms with Crippen LogP contribution in [0.3, 0.4) is 0 Å². The van der Waals surface area contributed by atoms with Gasteiger partial charge in [0.25, 0.3) is 0 Å². The second-order valence-electron chi connectivity index (χ2n) is 4.10. The molecule has 0 radical (unpaired) electrons. The van der Waals surface area contributed by atoms with E-state index in [2.05, 4.69) is 24.0 Å². The molecule has 1 heterocycles. The standard InChI is InChI=1S/C14H16N2OS/c1-9-7-10(2)16-13(8-9)18-12-6-4-5-11(17-3)14(12)15/h4-8H,15H2,1-3H3. The molecule has 2 aromatic rings. The van der Waals surface area contributed by atoms with Crippen LogP contribution in [0.4, 0.5) is 5.69 Å². The van der Waals surface area contributed by atoms with Gasteiger partial charge in [-0.15, -0.1) is 0 Å². The number of pyridine rings is 1. The summed E-state index contributed by atoms with van der Waals surface area (Å²) < 4.78 is 5.21. The summed E-state index contributed by atoms with van der Waals surface area (Å²) in [7, 11) is 1.62. The molecule has 1 aromatic carbocycles. The molecule has 0 fully saturated rings. The van der Waals surface area contributed by atoms with Crippen molar-refractivity contribution in [1.82, 2.24) is 4.98 Å². The summed E-state index contributed by atoms with van der Waals surface area (Å²) >= 11 is 1.56. The molecule has 2 rings (SSSR count). The monoisotopic (exact) mass is 260 g/mol. The molecule has 0 saturated carbocycles. The van der Waals surface area contributed by atoms with Gasteiger partial charge in [-0.3, -0.25) is 0 Å². The number of nitrogen functional groups attached to an aromatic ring is 1. The van der Waals surface area contributed by atoms with Crippen molar-refractivity contribution in [2.75, 3.05) is 12.8 Å². The first-order valence-corrected chi connectivity index (χ1v) is 6.47. The van der Waals surface area contributed by atoms with E-state index >= 15 is 0 Å². The molecule has 3 nitrogen and oxygen atoms in total. The molecule has 0 unspecified atom stereocenters. The number of ether oxygens (including phenoxy) is 1. The van der Waals surface area contributed by atoms with Gasteiger partial charge in [-0.05, 0) is 43.7 Å². The molecule has 0 aliphatic carbocycles. The molecule has 0 bridgehead atoms. The van der Waals surface area contributed by atoms with Crippen LogP contribution in [0.2, 0.25) is 0 Å². The Morgan fingerprint density at radius 3 is 2.67 bits per heavy atom. The first-order valence-electron chi connectivity index (χ1n) is 5.66. The van der Waals surface area contributed by atoms with Crippen molar-refractivity contribution >= 4 is 17.4 Å². The maximum absolute atomic E-state index is 6.04. The highest BCUT2D eigenvalue weighted by atomic mass is 32.2. The summed E-state index contributed by atoms with van der Waals surface area (Å²) in [5.41, 5.74) is 8.92. The van der Waals surface area contributed by atoms with Crippen molar-refractivity contribution in [3.05, 3.63) is 41.6 Å². The molecule has 1 aromatic heterocycles. The lowest BCUT2D eigenvalue weighted by molar-refractivity contribution is 0.416. The number of rotatable bonds is 3. The minimum absolute atomic E-state index is 0.658. The van der Waals surface area contributed by atoms with Gasteiger partial charge in [-0.2, -0.15) is 0 Å². The van der Waals surface area contributed by atoms with Crippen molar-refractivity contribution in [2.45, 2.75) is 23.8 Å². The van der Waals surface area contributed by atoms with E-state index in [1.807, 2.05) is 25.1 Å². The molecule has 4 heteroatoms. The fraction of sp³-hybridized carbons (Fsp3) is 0.214. The summed E-state index contributed by atoms with van der Waals surface area (Å²) in [5, 5.41) is 0.951. The molecular formula is C14H16N2OS. The van der Waals surface area contributed by atoms with E-state index < -0.39 is 0 Å². The molecule has 0 aliphatic heterocycles. The topological polar surface area (TPSA) is 48.1 Å². The lowest BCUT2D eigenvalue weighted by atomic mass is 10.3. The molecule has 0 atom stereocenters. The van der Waals surface area contributed by atoms with Crippen LogP contribution in [-0.2, 0) is 0 Å². The third-order valence-corrected chi connectivity index (χ3v) is 3.53. The number of hydrogen-bond acceptors (Lipinski definition) is 4. The predicted molar refractivity (Wildman–Crippen MR) is 75.2 cm³/mol. The third-order valence-electron chi connectivity index (χ3n) is 2.53. The van der Waals surface area contributed by atoms with Gasteiger partial charge in [0.2, 0.25) is 0 Å². The maximum Gasteiger partial charge on any atom is 0.142 e. The number of para-hydroxylation sites is 1. The second kappa shape index (κ2) is 5.31. The largest absolute Gasteiger partial charge is 0.495 e. The van der Waals surface area contributed by atoms with Crippen LogP contribution in [0.25, 0.3) is 0 Å². The Hall–Kier alpha value is -1.68. The Morgan fingerprint density at radius 1 is 1.22 bits per heavy atom. The number of hydrogen-bond donors (Lipinski definition) is 1. The van der Waals surface area contributed by atoms with Gasteiger partial charge in [0.15, 0.2) is 0 Å². The Kier molecular flexibility index (Phi) is 3.77. The van der Waals surface area contributed by atoms with Crippen molar-refractivity contribution < 1.29 is 4.74 Å². The number of nitrogens with two attached hydrogens (primary N) is 1. The fourth-order valence-corrected chi connectivity index (χ4v) is 2.78. The van der Waals surface area contributed by atoms with E-state index in [0.29, 0.717) is 11.4 Å². The lowest BCUT2D eigenvalue weighted by Crippen LogP contribution is -1.95. The van der Waals surface area contributed by atoms with Gasteiger partial charge in [0.05, 0.1) is 12.8 Å². The summed E-state index contributed by atoms with van der Waals surface area (Å²) in [6.45, 7) is 4.06. The minimum Gasteiger partial charge on any atom is -0.495 e. The van der Waals surface area contributed by atoms with E-state index in [-0.39, 0.29) is 0 Å². The summed E-state index contributed by atoms with van der Waals surface area (Å²) in [4.78, 5) is 5.46. The Labute approximate surface area is 111 Å². The van der Waals surface area contributed by atoms with Crippen LogP contribution in [0, 0.1) is 13.8 Å². The minimum atomic E-state index is 0.658. The molecule has 0 amide bonds. The zero-order valence-electron chi connectivity index (χ0n) is 10.7. The van der Waals surface area contributed by atoms with Crippen LogP contribution in [0.5, 0.6) is 5.75 Å². The van der Waals surface area contributed by atoms with E-state index in [0.717, 1.165) is 15.6 Å². The average Bonchev–Trinajstić information content (AvgIpc) is 2.30. The molecule has 18 heavy (non-hydrogen) atoms. The predicted octanol–water partition coefficient (Wildman–Crippen LogP) is 3.44. The van der Waals surface area contributed by atoms with Crippen molar-refractivity contribution in [3.63, 3.8) is 0 Å². The normalized spacial score (nSPS) is 10.4. The smallest absolute Gasteiger partial charge is 0.142 e. The highest BCUT2D eigenvalue weighted by molar-refractivity contribution is 7.99. The van der Waals surface area contributed by atoms with E-state index in [4.69, 9.17) is 10.5 Å². The Morgan fingerprint density at radius 2 is 2.00 bits per heavy atom. The number of anilines is 1. The number of methoxy groups -OCH3 is 1. The van der Waals surface area contributed by atoms with Crippen molar-refractivity contribution in [2.24, 2.45) is 0 Å². The number of nitrogens with zero attached hydrogens (tertiary/aromatic N) is 1. The molecular weight excluding hydrogens is 244 g/mol. The first-order chi connectivity index (χ1) is 8.60. The van der Waals surface area contributed by atoms with E-state index in [9.17, 15) is 0 Å². The fourth-order valence-electron chi connectivity index (χ4n) is 1.76. The highest BCUT2D eigenvalue weighted by Gasteiger charge is 2.08. The van der Waals surface area contributed by atoms with Crippen molar-refractivity contribution in [1.29, 1.82) is 0 Å². The van der Waals surface area contributed by atoms with Crippen LogP contribution < -0.4 is 10.5 Å². The van der Waals surface area contributed by atoms with E-state index in [1.54, 1.807) is 18.9 Å². The zero-order valence-corrected chi connectivity index (χ0v) is 11.5. The zero-order chi connectivity index (χ0) is 13.1. The van der Waals surface area contributed by atoms with Crippen LogP contribution >= 0.6 is 11.8 Å². The molecule has 94 valence electrons. The van der Waals surface area contributed by atoms with Gasteiger partial charge in [0.1, 0.15) is 10.8 Å². The van der Waals surface area contributed by atoms with Crippen molar-refractivity contribution in [3.8, 4) is 5.75 Å². The quantitative estimate of drug-likeness (QED) is 0.859. The number of aryl methyl sites for hydroxylation is 2. The highest BCUT2D eigenvalue weighted by Crippen LogP contribution is 2.36. The van der Waals surface area contributed by atoms with Gasteiger partial charge in [-0.1, -0.05) is 17.8 Å². The van der Waals surface area contributed by atoms with Crippen LogP contribution in [0.1, 0.15) is 11.3 Å². The van der Waals surface area contributed by atoms with Crippen LogP contribution in [-0.4, -0.2) is 12.1 Å². The maximum atomic E-state index is 6.04. The van der Waals surface area contributed by atoms with Gasteiger partial charge < -0.3 is 10.5 Å². The lowest BCUT2D eigenvalue weighted by Gasteiger charge is -2.09. The molecule has 2 N–H and O–H groups in total. The molecule has 0 saturated heterocycles. The van der Waals surface area contributed by atoms with E-state index in [1.165, 1.54) is 5.56 Å². The second-order valence-corrected chi connectivity index (χ2v) is 5.16. The summed E-state index contributed by atoms with van der Waals surface area (Å²) in [6.07, 6.45) is 0. The Bertz CT molecular complexity index is 549. The first kappa shape index (κ1) is 12.8. The Balaban J connectivity index is 2.34. The molecule has 0 spiro atoms. The average molecular weight is 260 g/mol. The number of benzene rings is 1.